The largest absolute Gasteiger partial charge is 0.393 e. The lowest BCUT2D eigenvalue weighted by molar-refractivity contribution is -0.548. The van der Waals surface area contributed by atoms with E-state index in [4.69, 9.17) is 15.2 Å². The van der Waals surface area contributed by atoms with Crippen LogP contribution in [0.4, 0.5) is 0 Å². The summed E-state index contributed by atoms with van der Waals surface area (Å²) >= 11 is 0. The lowest BCUT2D eigenvalue weighted by atomic mass is 9.55. The minimum atomic E-state index is -2.52. The molecule has 9 atom stereocenters. The molecule has 4 aliphatic heterocycles. The molecule has 0 aromatic heterocycles. The van der Waals surface area contributed by atoms with Crippen molar-refractivity contribution in [2.45, 2.75) is 122 Å². The second kappa shape index (κ2) is 18.1. The zero-order valence-electron chi connectivity index (χ0n) is 33.8. The highest BCUT2D eigenvalue weighted by molar-refractivity contribution is 5.87. The van der Waals surface area contributed by atoms with Crippen molar-refractivity contribution in [2.24, 2.45) is 22.1 Å². The molecule has 2 aliphatic carbocycles. The highest BCUT2D eigenvalue weighted by Crippen LogP contribution is 2.58. The number of ether oxygens (including phenoxy) is 2. The topological polar surface area (TPSA) is 207 Å². The summed E-state index contributed by atoms with van der Waals surface area (Å²) in [5.41, 5.74) is 9.73. The molecule has 306 valence electrons. The summed E-state index contributed by atoms with van der Waals surface area (Å²) in [6.45, 7) is 16.0. The van der Waals surface area contributed by atoms with Crippen LogP contribution in [0.5, 0.6) is 0 Å². The Morgan fingerprint density at radius 3 is 1.93 bits per heavy atom. The van der Waals surface area contributed by atoms with Gasteiger partial charge in [0.1, 0.15) is 29.5 Å². The minimum absolute atomic E-state index is 0.0610. The number of hydrogen-bond acceptors (Lipinski definition) is 12. The summed E-state index contributed by atoms with van der Waals surface area (Å²) in [6, 6.07) is 0. The van der Waals surface area contributed by atoms with Crippen LogP contribution in [0.2, 0.25) is 0 Å². The summed E-state index contributed by atoms with van der Waals surface area (Å²) in [7, 11) is 0. The van der Waals surface area contributed by atoms with Crippen molar-refractivity contribution in [2.75, 3.05) is 6.61 Å². The minimum Gasteiger partial charge on any atom is -0.393 e. The molecule has 4 bridgehead atoms. The van der Waals surface area contributed by atoms with Crippen molar-refractivity contribution >= 4 is 11.7 Å². The first-order valence-corrected chi connectivity index (χ1v) is 19.1. The average molecular weight is 776 g/mol. The van der Waals surface area contributed by atoms with Crippen LogP contribution in [0, 0.1) is 11.3 Å². The lowest BCUT2D eigenvalue weighted by Crippen LogP contribution is -2.95. The van der Waals surface area contributed by atoms with Crippen LogP contribution in [-0.2, 0) is 14.3 Å². The Morgan fingerprint density at radius 1 is 0.839 bits per heavy atom. The number of aliphatic hydroxyl groups excluding tert-OH is 4. The van der Waals surface area contributed by atoms with E-state index in [1.807, 2.05) is 25.2 Å². The van der Waals surface area contributed by atoms with Crippen LogP contribution in [0.1, 0.15) is 74.7 Å². The van der Waals surface area contributed by atoms with E-state index in [0.717, 1.165) is 11.1 Å². The van der Waals surface area contributed by atoms with Gasteiger partial charge in [0.05, 0.1) is 12.5 Å². The number of aliphatic imine (C=N–C) groups is 1. The third kappa shape index (κ3) is 9.58. The van der Waals surface area contributed by atoms with E-state index in [2.05, 4.69) is 113 Å². The second-order valence-electron chi connectivity index (χ2n) is 16.2. The molecule has 12 heteroatoms. The number of aliphatic hydroxyl groups is 6. The molecule has 6 aliphatic rings. The van der Waals surface area contributed by atoms with Crippen molar-refractivity contribution < 1.29 is 44.9 Å². The number of allylic oxidation sites excluding steroid dienone is 20. The molecule has 1 unspecified atom stereocenters. The van der Waals surface area contributed by atoms with E-state index in [1.54, 1.807) is 13.0 Å². The molecule has 0 radical (unpaired) electrons. The van der Waals surface area contributed by atoms with Crippen LogP contribution < -0.4 is 11.1 Å². The fourth-order valence-electron chi connectivity index (χ4n) is 8.05. The van der Waals surface area contributed by atoms with Crippen molar-refractivity contribution in [3.63, 3.8) is 0 Å². The number of nitrogens with zero attached hydrogens (tertiary/aromatic N) is 1. The highest BCUT2D eigenvalue weighted by atomic mass is 16.9. The number of hydrogen-bond donors (Lipinski definition) is 8. The van der Waals surface area contributed by atoms with Gasteiger partial charge in [-0.1, -0.05) is 121 Å². The van der Waals surface area contributed by atoms with Crippen molar-refractivity contribution in [1.29, 1.82) is 0 Å². The molecule has 9 N–H and O–H groups in total. The van der Waals surface area contributed by atoms with E-state index < -0.39 is 60.3 Å². The first-order chi connectivity index (χ1) is 26.2. The predicted molar refractivity (Wildman–Crippen MR) is 217 cm³/mol. The van der Waals surface area contributed by atoms with Gasteiger partial charge < -0.3 is 51.2 Å². The lowest BCUT2D eigenvalue weighted by Gasteiger charge is -2.71. The fraction of sp³-hybridized carbons (Fsp3) is 0.500. The first kappa shape index (κ1) is 44.7. The Labute approximate surface area is 330 Å². The van der Waals surface area contributed by atoms with Crippen LogP contribution in [0.3, 0.4) is 0 Å². The predicted octanol–water partition coefficient (Wildman–Crippen LogP) is 4.15. The maximum absolute atomic E-state index is 11.0. The van der Waals surface area contributed by atoms with Gasteiger partial charge in [-0.2, -0.15) is 0 Å². The SMILES string of the molecule is CC(=O)/C=C/C(C)=C/C=C/C(C)=C/C=C/C=C(C)/C=C/C=C(C)/C=C/C1=C(C)CCCC1(C)C.NC1=N[C@H](O)[C@H]2[C@H]3O[C@]4(O)O[C@@H](C(O)[C@@]2(N1)[C@@H]4O)[C@]3(O)CO. The molecule has 56 heavy (non-hydrogen) atoms. The third-order valence-corrected chi connectivity index (χ3v) is 11.1. The first-order valence-electron chi connectivity index (χ1n) is 19.1. The van der Waals surface area contributed by atoms with Crippen molar-refractivity contribution in [1.82, 2.24) is 5.32 Å². The van der Waals surface area contributed by atoms with Crippen molar-refractivity contribution in [3.05, 3.63) is 119 Å². The Hall–Kier alpha value is -3.98. The maximum Gasteiger partial charge on any atom is 0.311 e. The normalized spacial score (nSPS) is 36.1. The van der Waals surface area contributed by atoms with Gasteiger partial charge in [0, 0.05) is 0 Å². The Bertz CT molecular complexity index is 1830. The smallest absolute Gasteiger partial charge is 0.311 e. The van der Waals surface area contributed by atoms with Gasteiger partial charge in [-0.25, -0.2) is 4.99 Å². The van der Waals surface area contributed by atoms with Gasteiger partial charge in [-0.15, -0.1) is 0 Å². The molecule has 4 heterocycles. The number of nitrogens with one attached hydrogen (secondary N) is 1. The number of rotatable bonds is 11. The summed E-state index contributed by atoms with van der Waals surface area (Å²) in [5, 5.41) is 64.3. The standard InChI is InChI=1S/C33H44O.C11H17N3O8/c1-26(16-11-18-28(3)21-23-31(6)34)14-9-10-15-27(2)17-12-19-29(4)22-24-32-30(5)20-13-25-33(32,7)8;12-8-13-6(17)2-4-9(19,1-15)5-3(16)10(2,14-8)7(18)11(20,21-4)22-5/h9-12,14-19,21-24H,13,20,25H2,1-8H3;2-7,15-20H,1H2,(H3,12,13,14)/b10-9+,16-11+,17-12+,23-21+,24-22+,26-14+,27-15+,28-18+,29-19+;/t;2-,3?,4-,5+,6-,7+,9+,10-,11+/m.1/s1. The van der Waals surface area contributed by atoms with E-state index >= 15 is 0 Å². The van der Waals surface area contributed by atoms with Gasteiger partial charge in [0.25, 0.3) is 0 Å². The van der Waals surface area contributed by atoms with E-state index in [-0.39, 0.29) is 17.2 Å². The monoisotopic (exact) mass is 775 g/mol. The Morgan fingerprint density at radius 2 is 1.38 bits per heavy atom. The average Bonchev–Trinajstić information content (AvgIpc) is 3.11. The van der Waals surface area contributed by atoms with E-state index in [0.29, 0.717) is 0 Å². The molecule has 12 nitrogen and oxygen atoms in total. The fourth-order valence-corrected chi connectivity index (χ4v) is 8.05. The van der Waals surface area contributed by atoms with Gasteiger partial charge in [0.15, 0.2) is 24.1 Å². The molecule has 0 amide bonds. The van der Waals surface area contributed by atoms with Gasteiger partial charge in [-0.05, 0) is 77.9 Å². The second-order valence-corrected chi connectivity index (χ2v) is 16.2. The molecule has 6 rings (SSSR count). The zero-order valence-corrected chi connectivity index (χ0v) is 33.8. The summed E-state index contributed by atoms with van der Waals surface area (Å²) < 4.78 is 10.3. The van der Waals surface area contributed by atoms with E-state index in [1.165, 1.54) is 41.6 Å². The van der Waals surface area contributed by atoms with Crippen molar-refractivity contribution in [3.8, 4) is 0 Å². The molecule has 0 aromatic rings. The molecule has 4 fully saturated rings. The van der Waals surface area contributed by atoms with Gasteiger partial charge >= 0.3 is 5.97 Å². The zero-order chi connectivity index (χ0) is 41.6. The molecular formula is C44H61N3O9. The summed E-state index contributed by atoms with van der Waals surface area (Å²) in [4.78, 5) is 14.7. The van der Waals surface area contributed by atoms with E-state index in [9.17, 15) is 35.4 Å². The Kier molecular flexibility index (Phi) is 14.4. The molecule has 3 saturated heterocycles. The van der Waals surface area contributed by atoms with Gasteiger partial charge in [0.2, 0.25) is 0 Å². The summed E-state index contributed by atoms with van der Waals surface area (Å²) in [6.07, 6.45) is 24.8. The Balaban J connectivity index is 0.000000269. The van der Waals surface area contributed by atoms with Crippen LogP contribution in [0.15, 0.2) is 123 Å². The molecule has 1 spiro atoms. The molecule has 0 aromatic carbocycles. The number of carbonyl (C=O) groups is 1. The third-order valence-electron chi connectivity index (χ3n) is 11.1. The number of guanidine groups is 1. The highest BCUT2D eigenvalue weighted by Gasteiger charge is 2.83. The van der Waals surface area contributed by atoms with Crippen LogP contribution in [-0.4, -0.2) is 96.7 Å². The molecular weight excluding hydrogens is 714 g/mol. The van der Waals surface area contributed by atoms with Crippen LogP contribution in [0.25, 0.3) is 0 Å². The maximum atomic E-state index is 11.0. The number of nitrogens with two attached hydrogens (primary N) is 1. The number of carbonyl (C=O) groups excluding carboxylic acids is 1. The number of ketones is 1. The molecule has 1 saturated carbocycles. The summed E-state index contributed by atoms with van der Waals surface area (Å²) in [5.74, 6) is -3.88. The van der Waals surface area contributed by atoms with Gasteiger partial charge in [-0.3, -0.25) is 4.79 Å². The van der Waals surface area contributed by atoms with Crippen LogP contribution >= 0.6 is 0 Å². The quantitative estimate of drug-likeness (QED) is 0.111.